The van der Waals surface area contributed by atoms with Gasteiger partial charge in [-0.1, -0.05) is 19.9 Å². The predicted octanol–water partition coefficient (Wildman–Crippen LogP) is 5.45. The number of ether oxygens (including phenoxy) is 1. The van der Waals surface area contributed by atoms with Crippen LogP contribution in [-0.4, -0.2) is 12.8 Å². The lowest BCUT2D eigenvalue weighted by molar-refractivity contribution is -0.135. The molecule has 20 heavy (non-hydrogen) atoms. The van der Waals surface area contributed by atoms with E-state index in [1.54, 1.807) is 12.1 Å². The molecule has 0 radical (unpaired) electrons. The van der Waals surface area contributed by atoms with E-state index < -0.39 is 18.4 Å². The Morgan fingerprint density at radius 2 is 1.80 bits per heavy atom. The summed E-state index contributed by atoms with van der Waals surface area (Å²) < 4.78 is 54.6. The van der Waals surface area contributed by atoms with Crippen molar-refractivity contribution >= 4 is 0 Å². The molecule has 0 amide bonds. The summed E-state index contributed by atoms with van der Waals surface area (Å²) in [6.45, 7) is 4.17. The molecule has 0 saturated carbocycles. The van der Waals surface area contributed by atoms with E-state index in [1.807, 2.05) is 13.8 Å². The highest BCUT2D eigenvalue weighted by atomic mass is 19.4. The third-order valence-corrected chi connectivity index (χ3v) is 2.98. The Morgan fingerprint density at radius 1 is 1.10 bits per heavy atom. The summed E-state index contributed by atoms with van der Waals surface area (Å²) >= 11 is 0. The molecule has 5 heteroatoms. The standard InChI is InChI=1S/C15H20F4O/c1-11(2)12-6-7-14(13(16)10-12)20-9-5-3-4-8-15(17,18)19/h6-7,10-11H,3-5,8-9H2,1-2H3. The molecule has 0 N–H and O–H groups in total. The summed E-state index contributed by atoms with van der Waals surface area (Å²) in [6.07, 6.45) is -3.88. The molecule has 114 valence electrons. The lowest BCUT2D eigenvalue weighted by Crippen LogP contribution is -2.07. The van der Waals surface area contributed by atoms with Crippen LogP contribution in [0, 0.1) is 5.82 Å². The third-order valence-electron chi connectivity index (χ3n) is 2.98. The molecule has 1 aromatic rings. The normalized spacial score (nSPS) is 11.9. The van der Waals surface area contributed by atoms with Crippen LogP contribution in [0.4, 0.5) is 17.6 Å². The van der Waals surface area contributed by atoms with Gasteiger partial charge >= 0.3 is 6.18 Å². The van der Waals surface area contributed by atoms with Gasteiger partial charge in [0.05, 0.1) is 6.61 Å². The van der Waals surface area contributed by atoms with Crippen molar-refractivity contribution in [2.45, 2.75) is 51.6 Å². The van der Waals surface area contributed by atoms with Crippen LogP contribution in [-0.2, 0) is 0 Å². The largest absolute Gasteiger partial charge is 0.491 e. The fourth-order valence-electron chi connectivity index (χ4n) is 1.78. The molecule has 0 bridgehead atoms. The van der Waals surface area contributed by atoms with Gasteiger partial charge in [0.1, 0.15) is 0 Å². The number of hydrogen-bond acceptors (Lipinski definition) is 1. The minimum atomic E-state index is -4.10. The lowest BCUT2D eigenvalue weighted by Gasteiger charge is -2.10. The molecule has 0 aliphatic heterocycles. The minimum Gasteiger partial charge on any atom is -0.491 e. The maximum atomic E-state index is 13.7. The first-order valence-electron chi connectivity index (χ1n) is 6.78. The van der Waals surface area contributed by atoms with Crippen molar-refractivity contribution in [1.29, 1.82) is 0 Å². The van der Waals surface area contributed by atoms with Crippen LogP contribution in [0.1, 0.15) is 51.0 Å². The van der Waals surface area contributed by atoms with Gasteiger partial charge in [0.25, 0.3) is 0 Å². The van der Waals surface area contributed by atoms with Crippen molar-refractivity contribution in [2.24, 2.45) is 0 Å². The molecule has 0 atom stereocenters. The molecule has 1 nitrogen and oxygen atoms in total. The first-order valence-corrected chi connectivity index (χ1v) is 6.78. The zero-order valence-electron chi connectivity index (χ0n) is 11.8. The number of hydrogen-bond donors (Lipinski definition) is 0. The Morgan fingerprint density at radius 3 is 2.35 bits per heavy atom. The fourth-order valence-corrected chi connectivity index (χ4v) is 1.78. The van der Waals surface area contributed by atoms with Gasteiger partial charge in [-0.15, -0.1) is 0 Å². The predicted molar refractivity (Wildman–Crippen MR) is 70.5 cm³/mol. The van der Waals surface area contributed by atoms with Crippen LogP contribution in [0.3, 0.4) is 0 Å². The molecule has 0 unspecified atom stereocenters. The average Bonchev–Trinajstić information content (AvgIpc) is 2.33. The number of rotatable bonds is 7. The number of alkyl halides is 3. The second-order valence-electron chi connectivity index (χ2n) is 5.12. The van der Waals surface area contributed by atoms with E-state index in [9.17, 15) is 17.6 Å². The van der Waals surface area contributed by atoms with Crippen LogP contribution in [0.15, 0.2) is 18.2 Å². The highest BCUT2D eigenvalue weighted by molar-refractivity contribution is 5.30. The van der Waals surface area contributed by atoms with Crippen LogP contribution in [0.5, 0.6) is 5.75 Å². The fraction of sp³-hybridized carbons (Fsp3) is 0.600. The first kappa shape index (κ1) is 16.8. The van der Waals surface area contributed by atoms with E-state index in [1.165, 1.54) is 6.07 Å². The summed E-state index contributed by atoms with van der Waals surface area (Å²) in [4.78, 5) is 0. The molecular formula is C15H20F4O. The van der Waals surface area contributed by atoms with Gasteiger partial charge in [-0.2, -0.15) is 13.2 Å². The van der Waals surface area contributed by atoms with Crippen molar-refractivity contribution in [3.8, 4) is 5.75 Å². The van der Waals surface area contributed by atoms with Gasteiger partial charge < -0.3 is 4.74 Å². The van der Waals surface area contributed by atoms with Crippen molar-refractivity contribution < 1.29 is 22.3 Å². The molecule has 0 aliphatic rings. The number of unbranched alkanes of at least 4 members (excludes halogenated alkanes) is 2. The quantitative estimate of drug-likeness (QED) is 0.479. The minimum absolute atomic E-state index is 0.0849. The van der Waals surface area contributed by atoms with Gasteiger partial charge in [0, 0.05) is 6.42 Å². The van der Waals surface area contributed by atoms with E-state index in [0.717, 1.165) is 5.56 Å². The van der Waals surface area contributed by atoms with E-state index in [-0.39, 0.29) is 24.7 Å². The van der Waals surface area contributed by atoms with Gasteiger partial charge in [-0.05, 0) is 42.9 Å². The summed E-state index contributed by atoms with van der Waals surface area (Å²) in [7, 11) is 0. The van der Waals surface area contributed by atoms with Crippen molar-refractivity contribution in [2.75, 3.05) is 6.61 Å². The second-order valence-corrected chi connectivity index (χ2v) is 5.12. The maximum absolute atomic E-state index is 13.7. The topological polar surface area (TPSA) is 9.23 Å². The van der Waals surface area contributed by atoms with Gasteiger partial charge in [0.2, 0.25) is 0 Å². The molecule has 0 aromatic heterocycles. The van der Waals surface area contributed by atoms with E-state index >= 15 is 0 Å². The Balaban J connectivity index is 2.29. The second kappa shape index (κ2) is 7.50. The van der Waals surface area contributed by atoms with Gasteiger partial charge in [-0.3, -0.25) is 0 Å². The Kier molecular flexibility index (Phi) is 6.30. The summed E-state index contributed by atoms with van der Waals surface area (Å²) in [6, 6.07) is 4.80. The summed E-state index contributed by atoms with van der Waals surface area (Å²) in [5, 5.41) is 0. The molecule has 1 rings (SSSR count). The van der Waals surface area contributed by atoms with E-state index in [2.05, 4.69) is 0 Å². The van der Waals surface area contributed by atoms with Crippen LogP contribution >= 0.6 is 0 Å². The van der Waals surface area contributed by atoms with Gasteiger partial charge in [-0.25, -0.2) is 4.39 Å². The Hall–Kier alpha value is -1.26. The molecule has 0 spiro atoms. The van der Waals surface area contributed by atoms with Crippen molar-refractivity contribution in [3.05, 3.63) is 29.6 Å². The third kappa shape index (κ3) is 6.26. The zero-order chi connectivity index (χ0) is 15.2. The lowest BCUT2D eigenvalue weighted by atomic mass is 10.0. The molecule has 0 fully saturated rings. The molecule has 1 aromatic carbocycles. The smallest absolute Gasteiger partial charge is 0.389 e. The Bertz CT molecular complexity index is 413. The molecule has 0 saturated heterocycles. The Labute approximate surface area is 116 Å². The zero-order valence-corrected chi connectivity index (χ0v) is 11.8. The first-order chi connectivity index (χ1) is 9.29. The van der Waals surface area contributed by atoms with Crippen LogP contribution < -0.4 is 4.74 Å². The average molecular weight is 292 g/mol. The summed E-state index contributed by atoms with van der Waals surface area (Å²) in [5.74, 6) is -0.0300. The SMILES string of the molecule is CC(C)c1ccc(OCCCCCC(F)(F)F)c(F)c1. The van der Waals surface area contributed by atoms with Crippen molar-refractivity contribution in [1.82, 2.24) is 0 Å². The highest BCUT2D eigenvalue weighted by Crippen LogP contribution is 2.24. The monoisotopic (exact) mass is 292 g/mol. The van der Waals surface area contributed by atoms with Crippen LogP contribution in [0.2, 0.25) is 0 Å². The summed E-state index contributed by atoms with van der Waals surface area (Å²) in [5.41, 5.74) is 0.889. The highest BCUT2D eigenvalue weighted by Gasteiger charge is 2.25. The van der Waals surface area contributed by atoms with Crippen LogP contribution in [0.25, 0.3) is 0 Å². The van der Waals surface area contributed by atoms with Gasteiger partial charge in [0.15, 0.2) is 11.6 Å². The molecule has 0 heterocycles. The molecular weight excluding hydrogens is 272 g/mol. The van der Waals surface area contributed by atoms with E-state index in [0.29, 0.717) is 12.8 Å². The maximum Gasteiger partial charge on any atom is 0.389 e. The number of benzene rings is 1. The number of halogens is 4. The molecule has 0 aliphatic carbocycles. The van der Waals surface area contributed by atoms with Crippen molar-refractivity contribution in [3.63, 3.8) is 0 Å². The van der Waals surface area contributed by atoms with E-state index in [4.69, 9.17) is 4.74 Å².